The number of nitrogens with zero attached hydrogens (tertiary/aromatic N) is 2. The zero-order valence-electron chi connectivity index (χ0n) is 17.8. The van der Waals surface area contributed by atoms with Gasteiger partial charge in [0.15, 0.2) is 0 Å². The molecule has 2 aromatic carbocycles. The van der Waals surface area contributed by atoms with Gasteiger partial charge >= 0.3 is 0 Å². The molecule has 0 bridgehead atoms. The van der Waals surface area contributed by atoms with E-state index in [1.807, 2.05) is 62.2 Å². The fourth-order valence-corrected chi connectivity index (χ4v) is 3.86. The highest BCUT2D eigenvalue weighted by Crippen LogP contribution is 2.32. The first-order chi connectivity index (χ1) is 14.1. The molecule has 1 amide bonds. The van der Waals surface area contributed by atoms with Crippen LogP contribution in [0.15, 0.2) is 48.5 Å². The summed E-state index contributed by atoms with van der Waals surface area (Å²) in [5, 5.41) is 0. The summed E-state index contributed by atoms with van der Waals surface area (Å²) in [7, 11) is 1.88. The molecule has 1 heterocycles. The number of ether oxygens (including phenoxy) is 2. The summed E-state index contributed by atoms with van der Waals surface area (Å²) < 4.78 is 11.0. The van der Waals surface area contributed by atoms with Crippen LogP contribution >= 0.6 is 0 Å². The number of carbonyl (C=O) groups is 1. The number of amides is 1. The van der Waals surface area contributed by atoms with Gasteiger partial charge in [-0.3, -0.25) is 9.69 Å². The van der Waals surface area contributed by atoms with Crippen molar-refractivity contribution in [2.24, 2.45) is 0 Å². The molecule has 1 fully saturated rings. The van der Waals surface area contributed by atoms with E-state index in [0.29, 0.717) is 32.3 Å². The molecule has 1 unspecified atom stereocenters. The maximum Gasteiger partial charge on any atom is 0.236 e. The Morgan fingerprint density at radius 1 is 1.00 bits per heavy atom. The molecule has 0 saturated carbocycles. The largest absolute Gasteiger partial charge is 0.494 e. The zero-order valence-corrected chi connectivity index (χ0v) is 17.8. The smallest absolute Gasteiger partial charge is 0.236 e. The number of carbonyl (C=O) groups excluding carboxylic acids is 1. The second-order valence-electron chi connectivity index (χ2n) is 7.46. The molecule has 5 nitrogen and oxygen atoms in total. The fourth-order valence-electron chi connectivity index (χ4n) is 3.86. The van der Waals surface area contributed by atoms with Gasteiger partial charge in [0.1, 0.15) is 11.5 Å². The lowest BCUT2D eigenvalue weighted by Crippen LogP contribution is -2.37. The molecule has 156 valence electrons. The molecule has 1 aliphatic heterocycles. The minimum absolute atomic E-state index is 0.150. The number of hydrogen-bond acceptors (Lipinski definition) is 4. The lowest BCUT2D eigenvalue weighted by molar-refractivity contribution is -0.131. The van der Waals surface area contributed by atoms with Crippen molar-refractivity contribution in [1.29, 1.82) is 0 Å². The van der Waals surface area contributed by atoms with Crippen molar-refractivity contribution in [1.82, 2.24) is 9.80 Å². The standard InChI is InChI=1S/C24H32N2O3/c1-4-28-21-12-8-19(9-13-21)17-25(3)24(27)18-26-16-6-7-23(26)20-10-14-22(15-11-20)29-5-2/h8-15,23H,4-7,16-18H2,1-3H3. The van der Waals surface area contributed by atoms with Crippen molar-refractivity contribution in [2.75, 3.05) is 33.4 Å². The Morgan fingerprint density at radius 2 is 1.59 bits per heavy atom. The van der Waals surface area contributed by atoms with Crippen molar-refractivity contribution < 1.29 is 14.3 Å². The molecule has 0 N–H and O–H groups in total. The van der Waals surface area contributed by atoms with Crippen LogP contribution in [-0.4, -0.2) is 49.1 Å². The van der Waals surface area contributed by atoms with E-state index in [9.17, 15) is 4.79 Å². The molecule has 0 aliphatic carbocycles. The molecule has 1 saturated heterocycles. The third-order valence-electron chi connectivity index (χ3n) is 5.36. The van der Waals surface area contributed by atoms with Crippen LogP contribution < -0.4 is 9.47 Å². The van der Waals surface area contributed by atoms with Gasteiger partial charge in [-0.05, 0) is 68.6 Å². The Labute approximate surface area is 174 Å². The van der Waals surface area contributed by atoms with Crippen molar-refractivity contribution in [3.63, 3.8) is 0 Å². The van der Waals surface area contributed by atoms with Gasteiger partial charge in [-0.1, -0.05) is 24.3 Å². The minimum atomic E-state index is 0.150. The van der Waals surface area contributed by atoms with E-state index in [4.69, 9.17) is 9.47 Å². The summed E-state index contributed by atoms with van der Waals surface area (Å²) in [4.78, 5) is 16.9. The van der Waals surface area contributed by atoms with E-state index < -0.39 is 0 Å². The SMILES string of the molecule is CCOc1ccc(CN(C)C(=O)CN2CCCC2c2ccc(OCC)cc2)cc1. The Morgan fingerprint density at radius 3 is 2.17 bits per heavy atom. The van der Waals surface area contributed by atoms with Crippen LogP contribution in [0.4, 0.5) is 0 Å². The first-order valence-electron chi connectivity index (χ1n) is 10.5. The van der Waals surface area contributed by atoms with Crippen LogP contribution in [-0.2, 0) is 11.3 Å². The average Bonchev–Trinajstić information content (AvgIpc) is 3.18. The Kier molecular flexibility index (Phi) is 7.53. The summed E-state index contributed by atoms with van der Waals surface area (Å²) in [6, 6.07) is 16.6. The molecule has 5 heteroatoms. The highest BCUT2D eigenvalue weighted by Gasteiger charge is 2.28. The average molecular weight is 397 g/mol. The maximum absolute atomic E-state index is 12.8. The maximum atomic E-state index is 12.8. The van der Waals surface area contributed by atoms with Gasteiger partial charge in [0.05, 0.1) is 19.8 Å². The number of rotatable bonds is 9. The molecule has 2 aromatic rings. The molecule has 0 aromatic heterocycles. The zero-order chi connectivity index (χ0) is 20.6. The highest BCUT2D eigenvalue weighted by atomic mass is 16.5. The summed E-state index contributed by atoms with van der Waals surface area (Å²) in [5.41, 5.74) is 2.36. The third-order valence-corrected chi connectivity index (χ3v) is 5.36. The van der Waals surface area contributed by atoms with Gasteiger partial charge in [0.25, 0.3) is 0 Å². The normalized spacial score (nSPS) is 16.6. The van der Waals surface area contributed by atoms with Crippen LogP contribution in [0, 0.1) is 0 Å². The Hall–Kier alpha value is -2.53. The van der Waals surface area contributed by atoms with Gasteiger partial charge in [-0.25, -0.2) is 0 Å². The quantitative estimate of drug-likeness (QED) is 0.634. The van der Waals surface area contributed by atoms with Gasteiger partial charge in [0, 0.05) is 19.6 Å². The van der Waals surface area contributed by atoms with E-state index in [0.717, 1.165) is 36.4 Å². The molecule has 0 spiro atoms. The van der Waals surface area contributed by atoms with Crippen molar-refractivity contribution in [3.8, 4) is 11.5 Å². The Bertz CT molecular complexity index is 774. The van der Waals surface area contributed by atoms with Crippen LogP contribution in [0.5, 0.6) is 11.5 Å². The van der Waals surface area contributed by atoms with Crippen LogP contribution in [0.25, 0.3) is 0 Å². The monoisotopic (exact) mass is 396 g/mol. The second kappa shape index (κ2) is 10.3. The van der Waals surface area contributed by atoms with Crippen LogP contribution in [0.3, 0.4) is 0 Å². The summed E-state index contributed by atoms with van der Waals surface area (Å²) in [6.07, 6.45) is 2.21. The molecule has 1 atom stereocenters. The van der Waals surface area contributed by atoms with Crippen molar-refractivity contribution in [3.05, 3.63) is 59.7 Å². The van der Waals surface area contributed by atoms with E-state index in [2.05, 4.69) is 17.0 Å². The first-order valence-corrected chi connectivity index (χ1v) is 10.5. The number of hydrogen-bond donors (Lipinski definition) is 0. The number of benzene rings is 2. The van der Waals surface area contributed by atoms with Gasteiger partial charge < -0.3 is 14.4 Å². The van der Waals surface area contributed by atoms with Crippen molar-refractivity contribution >= 4 is 5.91 Å². The predicted octanol–water partition coefficient (Wildman–Crippen LogP) is 4.28. The van der Waals surface area contributed by atoms with Crippen molar-refractivity contribution in [2.45, 2.75) is 39.3 Å². The highest BCUT2D eigenvalue weighted by molar-refractivity contribution is 5.78. The summed E-state index contributed by atoms with van der Waals surface area (Å²) in [5.74, 6) is 1.91. The van der Waals surface area contributed by atoms with Gasteiger partial charge in [0.2, 0.25) is 5.91 Å². The van der Waals surface area contributed by atoms with Crippen LogP contribution in [0.1, 0.15) is 43.9 Å². The van der Waals surface area contributed by atoms with E-state index in [-0.39, 0.29) is 5.91 Å². The van der Waals surface area contributed by atoms with E-state index in [1.54, 1.807) is 0 Å². The van der Waals surface area contributed by atoms with Crippen LogP contribution in [0.2, 0.25) is 0 Å². The summed E-state index contributed by atoms with van der Waals surface area (Å²) in [6.45, 7) is 7.30. The van der Waals surface area contributed by atoms with E-state index in [1.165, 1.54) is 5.56 Å². The molecule has 0 radical (unpaired) electrons. The number of likely N-dealkylation sites (tertiary alicyclic amines) is 1. The number of likely N-dealkylation sites (N-methyl/N-ethyl adjacent to an activating group) is 1. The lowest BCUT2D eigenvalue weighted by atomic mass is 10.0. The van der Waals surface area contributed by atoms with Gasteiger partial charge in [-0.2, -0.15) is 0 Å². The molecule has 1 aliphatic rings. The van der Waals surface area contributed by atoms with Gasteiger partial charge in [-0.15, -0.1) is 0 Å². The predicted molar refractivity (Wildman–Crippen MR) is 115 cm³/mol. The molecular weight excluding hydrogens is 364 g/mol. The molecule has 29 heavy (non-hydrogen) atoms. The lowest BCUT2D eigenvalue weighted by Gasteiger charge is -2.27. The summed E-state index contributed by atoms with van der Waals surface area (Å²) >= 11 is 0. The molecular formula is C24H32N2O3. The first kappa shape index (κ1) is 21.2. The van der Waals surface area contributed by atoms with E-state index >= 15 is 0 Å². The molecule has 3 rings (SSSR count). The second-order valence-corrected chi connectivity index (χ2v) is 7.46. The minimum Gasteiger partial charge on any atom is -0.494 e. The topological polar surface area (TPSA) is 42.0 Å². The third kappa shape index (κ3) is 5.73. The Balaban J connectivity index is 1.56. The fraction of sp³-hybridized carbons (Fsp3) is 0.458.